The lowest BCUT2D eigenvalue weighted by molar-refractivity contribution is 0.0614. The van der Waals surface area contributed by atoms with Crippen LogP contribution in [0.1, 0.15) is 47.3 Å². The molecule has 1 amide bonds. The molecule has 8 heteroatoms. The normalized spacial score (nSPS) is 18.3. The van der Waals surface area contributed by atoms with Crippen LogP contribution in [0, 0.1) is 6.92 Å². The lowest BCUT2D eigenvalue weighted by Gasteiger charge is -2.37. The summed E-state index contributed by atoms with van der Waals surface area (Å²) in [5.41, 5.74) is 8.40. The number of likely N-dealkylation sites (tertiary alicyclic amines) is 1. The molecule has 2 aromatic heterocycles. The molecule has 0 bridgehead atoms. The highest BCUT2D eigenvalue weighted by atomic mass is 16.5. The Bertz CT molecular complexity index is 1090. The summed E-state index contributed by atoms with van der Waals surface area (Å²) in [7, 11) is 1.56. The van der Waals surface area contributed by atoms with Crippen molar-refractivity contribution in [2.45, 2.75) is 38.6 Å². The molecular formula is C24H27N5O3. The average Bonchev–Trinajstić information content (AvgIpc) is 2.79. The fourth-order valence-electron chi connectivity index (χ4n) is 4.16. The highest BCUT2D eigenvalue weighted by Crippen LogP contribution is 2.33. The molecule has 0 radical (unpaired) electrons. The molecule has 0 saturated carbocycles. The zero-order valence-corrected chi connectivity index (χ0v) is 18.5. The molecule has 32 heavy (non-hydrogen) atoms. The van der Waals surface area contributed by atoms with E-state index < -0.39 is 0 Å². The van der Waals surface area contributed by atoms with Gasteiger partial charge in [-0.3, -0.25) is 4.79 Å². The van der Waals surface area contributed by atoms with E-state index in [2.05, 4.69) is 22.1 Å². The number of hydrogen-bond acceptors (Lipinski definition) is 7. The average molecular weight is 434 g/mol. The Kier molecular flexibility index (Phi) is 6.20. The topological polar surface area (TPSA) is 103 Å². The zero-order chi connectivity index (χ0) is 22.7. The molecule has 1 aliphatic rings. The Morgan fingerprint density at radius 2 is 1.88 bits per heavy atom. The lowest BCUT2D eigenvalue weighted by Crippen LogP contribution is -2.44. The molecule has 4 rings (SSSR count). The number of benzene rings is 1. The second kappa shape index (κ2) is 9.21. The van der Waals surface area contributed by atoms with Crippen LogP contribution >= 0.6 is 0 Å². The summed E-state index contributed by atoms with van der Waals surface area (Å²) in [6, 6.07) is 12.6. The predicted molar refractivity (Wildman–Crippen MR) is 121 cm³/mol. The maximum Gasteiger partial charge on any atom is 0.254 e. The van der Waals surface area contributed by atoms with Gasteiger partial charge < -0.3 is 20.1 Å². The minimum Gasteiger partial charge on any atom is -0.481 e. The number of piperidine rings is 1. The van der Waals surface area contributed by atoms with Crippen molar-refractivity contribution in [3.05, 3.63) is 65.5 Å². The van der Waals surface area contributed by atoms with E-state index in [1.807, 2.05) is 17.9 Å². The number of anilines is 1. The van der Waals surface area contributed by atoms with E-state index in [4.69, 9.17) is 15.2 Å². The van der Waals surface area contributed by atoms with Gasteiger partial charge in [-0.15, -0.1) is 5.10 Å². The van der Waals surface area contributed by atoms with Crippen LogP contribution in [-0.2, 0) is 0 Å². The number of carbonyl (C=O) groups is 1. The molecule has 1 aromatic carbocycles. The lowest BCUT2D eigenvalue weighted by atomic mass is 9.87. The SMILES string of the molecule is COc1ccc(Oc2ccc(C(=O)N3CC[C@H](c4nnc(N)cc4C)C[C@@H]3C)cc2)cn1. The summed E-state index contributed by atoms with van der Waals surface area (Å²) in [6.07, 6.45) is 3.29. The third-order valence-corrected chi connectivity index (χ3v) is 5.82. The number of aromatic nitrogens is 3. The molecule has 2 atom stereocenters. The standard InChI is InChI=1S/C24H27N5O3/c1-15-12-21(25)27-28-23(15)18-10-11-29(16(2)13-18)24(30)17-4-6-19(7-5-17)32-20-8-9-22(31-3)26-14-20/h4-9,12,14,16,18H,10-11,13H2,1-3H3,(H2,25,27)/t16-,18-/m0/s1. The van der Waals surface area contributed by atoms with Crippen molar-refractivity contribution in [3.8, 4) is 17.4 Å². The Morgan fingerprint density at radius 3 is 2.50 bits per heavy atom. The summed E-state index contributed by atoms with van der Waals surface area (Å²) in [5.74, 6) is 2.49. The third-order valence-electron chi connectivity index (χ3n) is 5.82. The number of ether oxygens (including phenoxy) is 2. The van der Waals surface area contributed by atoms with Crippen LogP contribution in [-0.4, -0.2) is 45.7 Å². The second-order valence-electron chi connectivity index (χ2n) is 8.07. The number of amides is 1. The summed E-state index contributed by atoms with van der Waals surface area (Å²) in [5, 5.41) is 8.33. The Morgan fingerprint density at radius 1 is 1.12 bits per heavy atom. The first-order valence-electron chi connectivity index (χ1n) is 10.6. The molecule has 1 fully saturated rings. The van der Waals surface area contributed by atoms with Gasteiger partial charge in [-0.2, -0.15) is 5.10 Å². The molecular weight excluding hydrogens is 406 g/mol. The van der Waals surface area contributed by atoms with Crippen LogP contribution in [0.15, 0.2) is 48.7 Å². The Hall–Kier alpha value is -3.68. The Labute approximate surface area is 187 Å². The summed E-state index contributed by atoms with van der Waals surface area (Å²) >= 11 is 0. The smallest absolute Gasteiger partial charge is 0.254 e. The number of hydrogen-bond donors (Lipinski definition) is 1. The maximum absolute atomic E-state index is 13.1. The van der Waals surface area contributed by atoms with Crippen LogP contribution in [0.4, 0.5) is 5.82 Å². The molecule has 8 nitrogen and oxygen atoms in total. The maximum atomic E-state index is 13.1. The molecule has 0 spiro atoms. The number of nitrogens with zero attached hydrogens (tertiary/aromatic N) is 4. The molecule has 3 heterocycles. The van der Waals surface area contributed by atoms with E-state index in [-0.39, 0.29) is 17.9 Å². The minimum atomic E-state index is 0.0220. The number of nitrogen functional groups attached to an aromatic ring is 1. The van der Waals surface area contributed by atoms with Crippen molar-refractivity contribution in [1.29, 1.82) is 0 Å². The van der Waals surface area contributed by atoms with E-state index in [0.717, 1.165) is 24.1 Å². The van der Waals surface area contributed by atoms with E-state index in [0.29, 0.717) is 35.3 Å². The monoisotopic (exact) mass is 433 g/mol. The van der Waals surface area contributed by atoms with Gasteiger partial charge in [0, 0.05) is 30.1 Å². The predicted octanol–water partition coefficient (Wildman–Crippen LogP) is 3.97. The van der Waals surface area contributed by atoms with Gasteiger partial charge in [0.2, 0.25) is 5.88 Å². The van der Waals surface area contributed by atoms with Crippen molar-refractivity contribution in [2.75, 3.05) is 19.4 Å². The minimum absolute atomic E-state index is 0.0220. The van der Waals surface area contributed by atoms with Gasteiger partial charge in [0.25, 0.3) is 5.91 Å². The van der Waals surface area contributed by atoms with Gasteiger partial charge in [0.15, 0.2) is 0 Å². The first kappa shape index (κ1) is 21.5. The van der Waals surface area contributed by atoms with Crippen LogP contribution in [0.3, 0.4) is 0 Å². The second-order valence-corrected chi connectivity index (χ2v) is 8.07. The van der Waals surface area contributed by atoms with Gasteiger partial charge in [-0.05, 0) is 68.7 Å². The van der Waals surface area contributed by atoms with Gasteiger partial charge in [0.05, 0.1) is 19.0 Å². The number of rotatable bonds is 5. The number of carbonyl (C=O) groups excluding carboxylic acids is 1. The quantitative estimate of drug-likeness (QED) is 0.649. The van der Waals surface area contributed by atoms with Crippen LogP contribution in [0.25, 0.3) is 0 Å². The van der Waals surface area contributed by atoms with Gasteiger partial charge in [-0.25, -0.2) is 4.98 Å². The van der Waals surface area contributed by atoms with Gasteiger partial charge in [-0.1, -0.05) is 0 Å². The third kappa shape index (κ3) is 4.64. The number of pyridine rings is 1. The number of methoxy groups -OCH3 is 1. The Balaban J connectivity index is 1.39. The van der Waals surface area contributed by atoms with Gasteiger partial charge >= 0.3 is 0 Å². The van der Waals surface area contributed by atoms with E-state index in [9.17, 15) is 4.79 Å². The summed E-state index contributed by atoms with van der Waals surface area (Å²) in [6.45, 7) is 4.76. The molecule has 166 valence electrons. The highest BCUT2D eigenvalue weighted by Gasteiger charge is 2.31. The van der Waals surface area contributed by atoms with E-state index in [1.54, 1.807) is 49.7 Å². The van der Waals surface area contributed by atoms with Gasteiger partial charge in [0.1, 0.15) is 17.3 Å². The first-order valence-corrected chi connectivity index (χ1v) is 10.6. The first-order chi connectivity index (χ1) is 15.4. The molecule has 1 saturated heterocycles. The van der Waals surface area contributed by atoms with Crippen molar-refractivity contribution in [3.63, 3.8) is 0 Å². The van der Waals surface area contributed by atoms with Crippen molar-refractivity contribution in [2.24, 2.45) is 0 Å². The molecule has 2 N–H and O–H groups in total. The highest BCUT2D eigenvalue weighted by molar-refractivity contribution is 5.94. The molecule has 0 aliphatic carbocycles. The van der Waals surface area contributed by atoms with Crippen LogP contribution in [0.2, 0.25) is 0 Å². The largest absolute Gasteiger partial charge is 0.481 e. The fourth-order valence-corrected chi connectivity index (χ4v) is 4.16. The van der Waals surface area contributed by atoms with Crippen LogP contribution < -0.4 is 15.2 Å². The van der Waals surface area contributed by atoms with Crippen molar-refractivity contribution in [1.82, 2.24) is 20.1 Å². The number of aryl methyl sites for hydroxylation is 1. The molecule has 0 unspecified atom stereocenters. The fraction of sp³-hybridized carbons (Fsp3) is 0.333. The number of nitrogens with two attached hydrogens (primary N) is 1. The molecule has 1 aliphatic heterocycles. The summed E-state index contributed by atoms with van der Waals surface area (Å²) < 4.78 is 10.8. The van der Waals surface area contributed by atoms with E-state index >= 15 is 0 Å². The van der Waals surface area contributed by atoms with E-state index in [1.165, 1.54) is 0 Å². The molecule has 3 aromatic rings. The van der Waals surface area contributed by atoms with Crippen LogP contribution in [0.5, 0.6) is 17.4 Å². The summed E-state index contributed by atoms with van der Waals surface area (Å²) in [4.78, 5) is 19.2. The zero-order valence-electron chi connectivity index (χ0n) is 18.5. The van der Waals surface area contributed by atoms with Crippen molar-refractivity contribution >= 4 is 11.7 Å². The van der Waals surface area contributed by atoms with Crippen molar-refractivity contribution < 1.29 is 14.3 Å².